The lowest BCUT2D eigenvalue weighted by atomic mass is 10.2. The summed E-state index contributed by atoms with van der Waals surface area (Å²) in [6.45, 7) is 4.88. The maximum atomic E-state index is 2.61. The smallest absolute Gasteiger partial charge is 0.0682 e. The van der Waals surface area contributed by atoms with Crippen LogP contribution in [0.25, 0.3) is 0 Å². The van der Waals surface area contributed by atoms with Crippen LogP contribution in [0.5, 0.6) is 0 Å². The molecule has 2 rings (SSSR count). The summed E-state index contributed by atoms with van der Waals surface area (Å²) < 4.78 is 0. The van der Waals surface area contributed by atoms with Gasteiger partial charge < -0.3 is 0 Å². The van der Waals surface area contributed by atoms with Crippen LogP contribution in [0.2, 0.25) is 0 Å². The van der Waals surface area contributed by atoms with Gasteiger partial charge in [0.1, 0.15) is 0 Å². The maximum absolute atomic E-state index is 2.61. The number of aryl methyl sites for hydroxylation is 2. The van der Waals surface area contributed by atoms with Crippen molar-refractivity contribution in [2.45, 2.75) is 19.8 Å². The summed E-state index contributed by atoms with van der Waals surface area (Å²) in [5.41, 5.74) is 3.00. The van der Waals surface area contributed by atoms with Crippen molar-refractivity contribution in [2.75, 3.05) is 36.7 Å². The minimum atomic E-state index is -0.851. The van der Waals surface area contributed by atoms with Gasteiger partial charge in [0.05, 0.1) is 18.5 Å². The standard InChI is InChI=1S/C21H30PS/c1-3-23-19-18-22(2,16-14-20-10-6-4-7-11-20)17-15-21-12-8-5-9-13-21/h4-13H,3,14-19H2,1-2H3/q+1. The van der Waals surface area contributed by atoms with E-state index in [1.807, 2.05) is 0 Å². The molecule has 0 aliphatic carbocycles. The van der Waals surface area contributed by atoms with E-state index >= 15 is 0 Å². The molecule has 0 aromatic heterocycles. The highest BCUT2D eigenvalue weighted by atomic mass is 32.2. The van der Waals surface area contributed by atoms with E-state index in [2.05, 4.69) is 86.0 Å². The molecule has 0 radical (unpaired) electrons. The lowest BCUT2D eigenvalue weighted by molar-refractivity contribution is 1.08. The molecule has 0 N–H and O–H groups in total. The summed E-state index contributed by atoms with van der Waals surface area (Å²) in [4.78, 5) is 0. The summed E-state index contributed by atoms with van der Waals surface area (Å²) in [6.07, 6.45) is 6.72. The van der Waals surface area contributed by atoms with Gasteiger partial charge in [0.2, 0.25) is 0 Å². The minimum absolute atomic E-state index is 0.851. The third kappa shape index (κ3) is 7.10. The average molecular weight is 346 g/mol. The Balaban J connectivity index is 1.93. The number of benzene rings is 2. The van der Waals surface area contributed by atoms with E-state index in [1.165, 1.54) is 54.0 Å². The topological polar surface area (TPSA) is 0 Å². The molecule has 0 spiro atoms. The predicted molar refractivity (Wildman–Crippen MR) is 111 cm³/mol. The van der Waals surface area contributed by atoms with E-state index in [4.69, 9.17) is 0 Å². The number of thioether (sulfide) groups is 1. The van der Waals surface area contributed by atoms with Crippen molar-refractivity contribution in [3.05, 3.63) is 71.8 Å². The first kappa shape index (κ1) is 18.6. The molecule has 0 nitrogen and oxygen atoms in total. The predicted octanol–water partition coefficient (Wildman–Crippen LogP) is 5.87. The fourth-order valence-electron chi connectivity index (χ4n) is 2.85. The Kier molecular flexibility index (Phi) is 8.20. The van der Waals surface area contributed by atoms with Gasteiger partial charge in [-0.2, -0.15) is 11.8 Å². The monoisotopic (exact) mass is 345 g/mol. The van der Waals surface area contributed by atoms with Crippen LogP contribution in [0.3, 0.4) is 0 Å². The first-order valence-electron chi connectivity index (χ1n) is 8.71. The highest BCUT2D eigenvalue weighted by molar-refractivity contribution is 7.99. The summed E-state index contributed by atoms with van der Waals surface area (Å²) in [6, 6.07) is 22.0. The van der Waals surface area contributed by atoms with E-state index in [-0.39, 0.29) is 0 Å². The van der Waals surface area contributed by atoms with Gasteiger partial charge in [-0.25, -0.2) is 0 Å². The van der Waals surface area contributed by atoms with Gasteiger partial charge >= 0.3 is 0 Å². The van der Waals surface area contributed by atoms with E-state index in [0.29, 0.717) is 0 Å². The van der Waals surface area contributed by atoms with Crippen LogP contribution in [0.15, 0.2) is 60.7 Å². The molecule has 0 saturated carbocycles. The fraction of sp³-hybridized carbons (Fsp3) is 0.429. The Bertz CT molecular complexity index is 495. The van der Waals surface area contributed by atoms with Gasteiger partial charge in [0.15, 0.2) is 0 Å². The summed E-state index contributed by atoms with van der Waals surface area (Å²) in [7, 11) is -0.851. The molecule has 0 atom stereocenters. The Labute approximate surface area is 147 Å². The quantitative estimate of drug-likeness (QED) is 0.383. The fourth-order valence-corrected chi connectivity index (χ4v) is 7.69. The maximum Gasteiger partial charge on any atom is 0.0682 e. The summed E-state index contributed by atoms with van der Waals surface area (Å²) in [5, 5.41) is 0. The second-order valence-electron chi connectivity index (χ2n) is 6.46. The van der Waals surface area contributed by atoms with Crippen LogP contribution in [0.4, 0.5) is 0 Å². The number of rotatable bonds is 10. The Morgan fingerprint density at radius 3 is 1.65 bits per heavy atom. The van der Waals surface area contributed by atoms with Crippen LogP contribution in [-0.2, 0) is 12.8 Å². The molecular weight excluding hydrogens is 315 g/mol. The van der Waals surface area contributed by atoms with Gasteiger partial charge in [-0.3, -0.25) is 0 Å². The van der Waals surface area contributed by atoms with Crippen molar-refractivity contribution in [2.24, 2.45) is 0 Å². The molecule has 23 heavy (non-hydrogen) atoms. The molecule has 0 heterocycles. The Morgan fingerprint density at radius 2 is 1.22 bits per heavy atom. The van der Waals surface area contributed by atoms with Crippen molar-refractivity contribution in [3.8, 4) is 0 Å². The summed E-state index contributed by atoms with van der Waals surface area (Å²) in [5.74, 6) is 2.59. The van der Waals surface area contributed by atoms with Gasteiger partial charge in [-0.15, -0.1) is 0 Å². The molecular formula is C21H30PS+. The van der Waals surface area contributed by atoms with Crippen molar-refractivity contribution < 1.29 is 0 Å². The van der Waals surface area contributed by atoms with Crippen molar-refractivity contribution in [1.82, 2.24) is 0 Å². The molecule has 2 aromatic carbocycles. The molecule has 124 valence electrons. The largest absolute Gasteiger partial charge is 0.159 e. The molecule has 0 unspecified atom stereocenters. The molecule has 0 aliphatic rings. The molecule has 0 saturated heterocycles. The third-order valence-electron chi connectivity index (χ3n) is 4.55. The zero-order valence-electron chi connectivity index (χ0n) is 14.6. The second kappa shape index (κ2) is 10.2. The van der Waals surface area contributed by atoms with Crippen LogP contribution >= 0.6 is 19.0 Å². The highest BCUT2D eigenvalue weighted by Gasteiger charge is 2.30. The second-order valence-corrected chi connectivity index (χ2v) is 12.4. The van der Waals surface area contributed by atoms with Crippen molar-refractivity contribution in [3.63, 3.8) is 0 Å². The third-order valence-corrected chi connectivity index (χ3v) is 9.66. The lowest BCUT2D eigenvalue weighted by Crippen LogP contribution is -2.12. The normalized spacial score (nSPS) is 11.6. The van der Waals surface area contributed by atoms with E-state index in [9.17, 15) is 0 Å². The highest BCUT2D eigenvalue weighted by Crippen LogP contribution is 2.56. The molecule has 0 amide bonds. The number of hydrogen-bond donors (Lipinski definition) is 0. The van der Waals surface area contributed by atoms with Gasteiger partial charge in [-0.1, -0.05) is 67.6 Å². The molecule has 2 aromatic rings. The van der Waals surface area contributed by atoms with Crippen LogP contribution in [-0.4, -0.2) is 36.7 Å². The number of hydrogen-bond acceptors (Lipinski definition) is 1. The van der Waals surface area contributed by atoms with Gasteiger partial charge in [0, 0.05) is 32.5 Å². The van der Waals surface area contributed by atoms with Gasteiger partial charge in [-0.05, 0) is 16.9 Å². The van der Waals surface area contributed by atoms with Crippen LogP contribution < -0.4 is 0 Å². The molecule has 0 bridgehead atoms. The molecule has 0 fully saturated rings. The van der Waals surface area contributed by atoms with Crippen molar-refractivity contribution >= 4 is 19.0 Å². The first-order valence-corrected chi connectivity index (χ1v) is 12.7. The first-order chi connectivity index (χ1) is 11.2. The van der Waals surface area contributed by atoms with Crippen LogP contribution in [0, 0.1) is 0 Å². The molecule has 0 aliphatic heterocycles. The Morgan fingerprint density at radius 1 is 0.739 bits per heavy atom. The van der Waals surface area contributed by atoms with E-state index < -0.39 is 7.26 Å². The van der Waals surface area contributed by atoms with E-state index in [1.54, 1.807) is 0 Å². The van der Waals surface area contributed by atoms with Crippen LogP contribution in [0.1, 0.15) is 18.1 Å². The minimum Gasteiger partial charge on any atom is -0.159 e. The summed E-state index contributed by atoms with van der Waals surface area (Å²) >= 11 is 2.11. The average Bonchev–Trinajstić information content (AvgIpc) is 2.61. The Hall–Kier alpha value is -0.780. The SMILES string of the molecule is CCSCC[P+](C)(CCc1ccccc1)CCc1ccccc1. The van der Waals surface area contributed by atoms with Gasteiger partial charge in [0.25, 0.3) is 0 Å². The lowest BCUT2D eigenvalue weighted by Gasteiger charge is -2.23. The molecule has 2 heteroatoms. The zero-order valence-corrected chi connectivity index (χ0v) is 16.3. The van der Waals surface area contributed by atoms with E-state index in [0.717, 1.165) is 0 Å². The van der Waals surface area contributed by atoms with Crippen molar-refractivity contribution in [1.29, 1.82) is 0 Å². The zero-order chi connectivity index (χ0) is 16.4.